The molecule has 0 aliphatic carbocycles. The number of rotatable bonds is 4. The van der Waals surface area contributed by atoms with E-state index in [1.165, 1.54) is 29.7 Å². The zero-order chi connectivity index (χ0) is 15.5. The first kappa shape index (κ1) is 15.7. The van der Waals surface area contributed by atoms with E-state index >= 15 is 0 Å². The van der Waals surface area contributed by atoms with Crippen molar-refractivity contribution in [3.8, 4) is 0 Å². The van der Waals surface area contributed by atoms with Gasteiger partial charge in [-0.05, 0) is 12.1 Å². The van der Waals surface area contributed by atoms with Gasteiger partial charge >= 0.3 is 0 Å². The first-order chi connectivity index (χ1) is 9.95. The number of nitrogen functional groups attached to an aromatic ring is 1. The second kappa shape index (κ2) is 6.37. The predicted molar refractivity (Wildman–Crippen MR) is 75.9 cm³/mol. The van der Waals surface area contributed by atoms with Crippen molar-refractivity contribution >= 4 is 21.7 Å². The zero-order valence-electron chi connectivity index (χ0n) is 11.7. The number of nitrogens with two attached hydrogens (primary N) is 1. The van der Waals surface area contributed by atoms with Crippen molar-refractivity contribution < 1.29 is 17.9 Å². The van der Waals surface area contributed by atoms with Gasteiger partial charge in [-0.3, -0.25) is 4.79 Å². The smallest absolute Gasteiger partial charge is 0.248 e. The molecular weight excluding hydrogens is 296 g/mol. The minimum Gasteiger partial charge on any atom is -0.384 e. The van der Waals surface area contributed by atoms with Gasteiger partial charge in [-0.15, -0.1) is 0 Å². The van der Waals surface area contributed by atoms with E-state index in [4.69, 9.17) is 10.5 Å². The molecule has 116 valence electrons. The highest BCUT2D eigenvalue weighted by Gasteiger charge is 2.30. The molecule has 0 bridgehead atoms. The molecule has 2 N–H and O–H groups in total. The van der Waals surface area contributed by atoms with E-state index in [2.05, 4.69) is 4.98 Å². The maximum atomic E-state index is 12.4. The van der Waals surface area contributed by atoms with Crippen LogP contribution >= 0.6 is 0 Å². The minimum absolute atomic E-state index is 0.00856. The lowest BCUT2D eigenvalue weighted by molar-refractivity contribution is -0.136. The first-order valence-electron chi connectivity index (χ1n) is 6.43. The van der Waals surface area contributed by atoms with Crippen LogP contribution in [0.3, 0.4) is 0 Å². The molecule has 1 saturated heterocycles. The molecule has 0 unspecified atom stereocenters. The second-order valence-corrected chi connectivity index (χ2v) is 6.57. The monoisotopic (exact) mass is 314 g/mol. The highest BCUT2D eigenvalue weighted by molar-refractivity contribution is 7.89. The Hall–Kier alpha value is -1.71. The number of methoxy groups -OCH3 is 1. The van der Waals surface area contributed by atoms with Crippen molar-refractivity contribution in [2.45, 2.75) is 4.90 Å². The molecule has 1 aliphatic heterocycles. The summed E-state index contributed by atoms with van der Waals surface area (Å²) in [4.78, 5) is 17.2. The van der Waals surface area contributed by atoms with Gasteiger partial charge in [0.25, 0.3) is 0 Å². The molecule has 2 rings (SSSR count). The standard InChI is InChI=1S/C12H18N4O4S/c1-20-9-12(17)15-4-6-16(7-5-15)21(18,19)10-2-3-11(13)14-8-10/h2-3,8H,4-7,9H2,1H3,(H2,13,14). The summed E-state index contributed by atoms with van der Waals surface area (Å²) in [7, 11) is -2.14. The Morgan fingerprint density at radius 2 is 2.00 bits per heavy atom. The molecule has 1 aliphatic rings. The first-order valence-corrected chi connectivity index (χ1v) is 7.87. The van der Waals surface area contributed by atoms with Crippen LogP contribution in [-0.2, 0) is 19.6 Å². The normalized spacial score (nSPS) is 16.9. The average Bonchev–Trinajstić information content (AvgIpc) is 2.48. The highest BCUT2D eigenvalue weighted by atomic mass is 32.2. The van der Waals surface area contributed by atoms with Crippen LogP contribution in [-0.4, -0.2) is 68.4 Å². The van der Waals surface area contributed by atoms with Gasteiger partial charge in [0.1, 0.15) is 17.3 Å². The van der Waals surface area contributed by atoms with Crippen molar-refractivity contribution in [2.24, 2.45) is 0 Å². The summed E-state index contributed by atoms with van der Waals surface area (Å²) in [6.07, 6.45) is 1.24. The van der Waals surface area contributed by atoms with Crippen LogP contribution in [0.1, 0.15) is 0 Å². The Morgan fingerprint density at radius 3 is 2.52 bits per heavy atom. The van der Waals surface area contributed by atoms with E-state index in [9.17, 15) is 13.2 Å². The zero-order valence-corrected chi connectivity index (χ0v) is 12.5. The lowest BCUT2D eigenvalue weighted by Gasteiger charge is -2.33. The predicted octanol–water partition coefficient (Wildman–Crippen LogP) is -0.857. The Bertz CT molecular complexity index is 594. The van der Waals surface area contributed by atoms with Crippen molar-refractivity contribution in [3.63, 3.8) is 0 Å². The number of aromatic nitrogens is 1. The van der Waals surface area contributed by atoms with Gasteiger partial charge < -0.3 is 15.4 Å². The molecular formula is C12H18N4O4S. The largest absolute Gasteiger partial charge is 0.384 e. The molecule has 2 heterocycles. The van der Waals surface area contributed by atoms with Gasteiger partial charge in [-0.2, -0.15) is 4.31 Å². The summed E-state index contributed by atoms with van der Waals surface area (Å²) < 4.78 is 31.0. The van der Waals surface area contributed by atoms with Crippen molar-refractivity contribution in [3.05, 3.63) is 18.3 Å². The van der Waals surface area contributed by atoms with Crippen molar-refractivity contribution in [2.75, 3.05) is 45.6 Å². The van der Waals surface area contributed by atoms with Crippen LogP contribution in [0.15, 0.2) is 23.2 Å². The summed E-state index contributed by atoms with van der Waals surface area (Å²) in [6, 6.07) is 2.88. The maximum absolute atomic E-state index is 12.4. The molecule has 0 saturated carbocycles. The highest BCUT2D eigenvalue weighted by Crippen LogP contribution is 2.17. The van der Waals surface area contributed by atoms with E-state index in [1.807, 2.05) is 0 Å². The van der Waals surface area contributed by atoms with E-state index in [0.717, 1.165) is 0 Å². The quantitative estimate of drug-likeness (QED) is 0.775. The molecule has 1 amide bonds. The van der Waals surface area contributed by atoms with E-state index in [1.54, 1.807) is 4.90 Å². The Labute approximate surface area is 123 Å². The Morgan fingerprint density at radius 1 is 1.33 bits per heavy atom. The third kappa shape index (κ3) is 3.49. The minimum atomic E-state index is -3.59. The summed E-state index contributed by atoms with van der Waals surface area (Å²) >= 11 is 0. The van der Waals surface area contributed by atoms with E-state index in [-0.39, 0.29) is 36.3 Å². The fourth-order valence-electron chi connectivity index (χ4n) is 2.09. The summed E-state index contributed by atoms with van der Waals surface area (Å²) in [5.41, 5.74) is 5.45. The lowest BCUT2D eigenvalue weighted by atomic mass is 10.3. The molecule has 21 heavy (non-hydrogen) atoms. The van der Waals surface area contributed by atoms with Gasteiger partial charge in [0.15, 0.2) is 0 Å². The molecule has 1 aromatic heterocycles. The third-order valence-electron chi connectivity index (χ3n) is 3.26. The number of carbonyl (C=O) groups is 1. The molecule has 9 heteroatoms. The van der Waals surface area contributed by atoms with Gasteiger partial charge in [-0.1, -0.05) is 0 Å². The summed E-state index contributed by atoms with van der Waals surface area (Å²) in [5, 5.41) is 0. The van der Waals surface area contributed by atoms with Crippen LogP contribution in [0, 0.1) is 0 Å². The molecule has 0 spiro atoms. The second-order valence-electron chi connectivity index (χ2n) is 4.64. The Kier molecular flexibility index (Phi) is 4.76. The van der Waals surface area contributed by atoms with Gasteiger partial charge in [0, 0.05) is 39.5 Å². The number of nitrogens with zero attached hydrogens (tertiary/aromatic N) is 3. The third-order valence-corrected chi connectivity index (χ3v) is 5.14. The summed E-state index contributed by atoms with van der Waals surface area (Å²) in [5.74, 6) is 0.132. The number of amides is 1. The SMILES string of the molecule is COCC(=O)N1CCN(S(=O)(=O)c2ccc(N)nc2)CC1. The van der Waals surface area contributed by atoms with Crippen LogP contribution in [0.25, 0.3) is 0 Å². The number of ether oxygens (including phenoxy) is 1. The maximum Gasteiger partial charge on any atom is 0.248 e. The molecule has 0 atom stereocenters. The van der Waals surface area contributed by atoms with Crippen LogP contribution in [0.2, 0.25) is 0 Å². The lowest BCUT2D eigenvalue weighted by Crippen LogP contribution is -2.51. The fourth-order valence-corrected chi connectivity index (χ4v) is 3.45. The number of carbonyl (C=O) groups excluding carboxylic acids is 1. The molecule has 0 aromatic carbocycles. The number of hydrogen-bond donors (Lipinski definition) is 1. The van der Waals surface area contributed by atoms with Gasteiger partial charge in [0.2, 0.25) is 15.9 Å². The fraction of sp³-hybridized carbons (Fsp3) is 0.500. The topological polar surface area (TPSA) is 106 Å². The van der Waals surface area contributed by atoms with Crippen LogP contribution in [0.5, 0.6) is 0 Å². The molecule has 0 radical (unpaired) electrons. The van der Waals surface area contributed by atoms with Gasteiger partial charge in [-0.25, -0.2) is 13.4 Å². The number of sulfonamides is 1. The molecule has 1 fully saturated rings. The van der Waals surface area contributed by atoms with Crippen LogP contribution < -0.4 is 5.73 Å². The molecule has 1 aromatic rings. The molecule has 8 nitrogen and oxygen atoms in total. The Balaban J connectivity index is 2.04. The number of pyridine rings is 1. The summed E-state index contributed by atoms with van der Waals surface area (Å²) in [6.45, 7) is 1.21. The van der Waals surface area contributed by atoms with Crippen LogP contribution in [0.4, 0.5) is 5.82 Å². The average molecular weight is 314 g/mol. The van der Waals surface area contributed by atoms with Crippen molar-refractivity contribution in [1.29, 1.82) is 0 Å². The number of anilines is 1. The number of hydrogen-bond acceptors (Lipinski definition) is 6. The van der Waals surface area contributed by atoms with Crippen molar-refractivity contribution in [1.82, 2.24) is 14.2 Å². The van der Waals surface area contributed by atoms with E-state index < -0.39 is 10.0 Å². The van der Waals surface area contributed by atoms with Gasteiger partial charge in [0.05, 0.1) is 0 Å². The number of piperazine rings is 1. The van der Waals surface area contributed by atoms with E-state index in [0.29, 0.717) is 13.1 Å².